The number of nitrogens with zero attached hydrogens (tertiary/aromatic N) is 2. The summed E-state index contributed by atoms with van der Waals surface area (Å²) >= 11 is 3.29. The molecule has 80 valence electrons. The van der Waals surface area contributed by atoms with Crippen molar-refractivity contribution < 1.29 is 9.53 Å². The molecule has 1 aromatic rings. The molecule has 0 fully saturated rings. The van der Waals surface area contributed by atoms with Crippen LogP contribution in [0.3, 0.4) is 0 Å². The largest absolute Gasteiger partial charge is 0.469 e. The maximum absolute atomic E-state index is 10.9. The molecule has 0 aliphatic rings. The summed E-state index contributed by atoms with van der Waals surface area (Å²) < 4.78 is 7.21. The first-order valence-corrected chi connectivity index (χ1v) is 5.29. The molecule has 0 amide bonds. The molecule has 0 saturated carbocycles. The number of carbonyl (C=O) groups is 1. The Kier molecular flexibility index (Phi) is 4.37. The zero-order chi connectivity index (χ0) is 11.3. The maximum atomic E-state index is 10.9. The highest BCUT2D eigenvalue weighted by Crippen LogP contribution is 2.14. The number of hydrogen-bond donors (Lipinski definition) is 0. The van der Waals surface area contributed by atoms with Gasteiger partial charge in [0.25, 0.3) is 0 Å². The molecule has 1 heterocycles. The Labute approximate surface area is 96.6 Å². The van der Waals surface area contributed by atoms with Crippen LogP contribution in [0.15, 0.2) is 16.7 Å². The summed E-state index contributed by atoms with van der Waals surface area (Å²) in [5, 5.41) is 8.80. The molecule has 0 atom stereocenters. The number of ether oxygens (including phenoxy) is 1. The van der Waals surface area contributed by atoms with Gasteiger partial charge in [-0.3, -0.25) is 4.79 Å². The second-order valence-corrected chi connectivity index (χ2v) is 3.94. The number of nitriles is 1. The summed E-state index contributed by atoms with van der Waals surface area (Å²) in [5.41, 5.74) is 0.590. The van der Waals surface area contributed by atoms with E-state index in [9.17, 15) is 4.79 Å². The third kappa shape index (κ3) is 3.40. The molecule has 0 aliphatic carbocycles. The van der Waals surface area contributed by atoms with Gasteiger partial charge >= 0.3 is 5.97 Å². The lowest BCUT2D eigenvalue weighted by atomic mass is 10.3. The first-order valence-electron chi connectivity index (χ1n) is 4.50. The van der Waals surface area contributed by atoms with Crippen molar-refractivity contribution in [3.05, 3.63) is 22.4 Å². The highest BCUT2D eigenvalue weighted by molar-refractivity contribution is 9.10. The number of aryl methyl sites for hydroxylation is 1. The van der Waals surface area contributed by atoms with E-state index >= 15 is 0 Å². The van der Waals surface area contributed by atoms with Gasteiger partial charge in [0.15, 0.2) is 0 Å². The standard InChI is InChI=1S/C10H11BrN2O2/c1-15-10(14)3-2-4-13-7-8(11)5-9(13)6-12/h5,7H,2-4H2,1H3. The van der Waals surface area contributed by atoms with Gasteiger partial charge in [-0.2, -0.15) is 5.26 Å². The van der Waals surface area contributed by atoms with Crippen molar-refractivity contribution >= 4 is 21.9 Å². The molecule has 0 bridgehead atoms. The van der Waals surface area contributed by atoms with E-state index in [2.05, 4.69) is 26.7 Å². The molecule has 0 unspecified atom stereocenters. The fourth-order valence-corrected chi connectivity index (χ4v) is 1.71. The monoisotopic (exact) mass is 270 g/mol. The van der Waals surface area contributed by atoms with Crippen LogP contribution in [0.5, 0.6) is 0 Å². The molecule has 5 heteroatoms. The second-order valence-electron chi connectivity index (χ2n) is 3.03. The quantitative estimate of drug-likeness (QED) is 0.788. The predicted molar refractivity (Wildman–Crippen MR) is 58.1 cm³/mol. The molecular formula is C10H11BrN2O2. The Morgan fingerprint density at radius 1 is 1.73 bits per heavy atom. The third-order valence-corrected chi connectivity index (χ3v) is 2.42. The van der Waals surface area contributed by atoms with Crippen LogP contribution in [-0.4, -0.2) is 17.6 Å². The minimum absolute atomic E-state index is 0.222. The molecule has 1 rings (SSSR count). The SMILES string of the molecule is COC(=O)CCCn1cc(Br)cc1C#N. The summed E-state index contributed by atoms with van der Waals surface area (Å²) in [4.78, 5) is 10.9. The molecule has 1 aromatic heterocycles. The Hall–Kier alpha value is -1.28. The van der Waals surface area contributed by atoms with Gasteiger partial charge in [-0.15, -0.1) is 0 Å². The molecule has 0 saturated heterocycles. The Morgan fingerprint density at radius 2 is 2.47 bits per heavy atom. The lowest BCUT2D eigenvalue weighted by molar-refractivity contribution is -0.140. The number of carbonyl (C=O) groups excluding carboxylic acids is 1. The maximum Gasteiger partial charge on any atom is 0.305 e. The van der Waals surface area contributed by atoms with E-state index in [0.29, 0.717) is 25.1 Å². The van der Waals surface area contributed by atoms with Crippen LogP contribution < -0.4 is 0 Å². The number of aromatic nitrogens is 1. The van der Waals surface area contributed by atoms with Gasteiger partial charge in [0, 0.05) is 23.6 Å². The van der Waals surface area contributed by atoms with E-state index in [1.165, 1.54) is 7.11 Å². The van der Waals surface area contributed by atoms with Crippen LogP contribution in [0.2, 0.25) is 0 Å². The van der Waals surface area contributed by atoms with Crippen molar-refractivity contribution in [2.24, 2.45) is 0 Å². The van der Waals surface area contributed by atoms with Crippen LogP contribution >= 0.6 is 15.9 Å². The summed E-state index contributed by atoms with van der Waals surface area (Å²) in [6.07, 6.45) is 2.87. The van der Waals surface area contributed by atoms with E-state index in [0.717, 1.165) is 4.47 Å². The van der Waals surface area contributed by atoms with Gasteiger partial charge in [-0.25, -0.2) is 0 Å². The van der Waals surface area contributed by atoms with Gasteiger partial charge in [-0.1, -0.05) is 0 Å². The highest BCUT2D eigenvalue weighted by atomic mass is 79.9. The average molecular weight is 271 g/mol. The highest BCUT2D eigenvalue weighted by Gasteiger charge is 2.05. The third-order valence-electron chi connectivity index (χ3n) is 1.99. The van der Waals surface area contributed by atoms with Crippen molar-refractivity contribution in [1.82, 2.24) is 4.57 Å². The summed E-state index contributed by atoms with van der Waals surface area (Å²) in [6, 6.07) is 3.83. The number of hydrogen-bond acceptors (Lipinski definition) is 3. The van der Waals surface area contributed by atoms with E-state index in [1.54, 1.807) is 6.07 Å². The fourth-order valence-electron chi connectivity index (χ4n) is 1.25. The Morgan fingerprint density at radius 3 is 3.07 bits per heavy atom. The van der Waals surface area contributed by atoms with Crippen LogP contribution in [0.4, 0.5) is 0 Å². The van der Waals surface area contributed by atoms with Crippen molar-refractivity contribution in [3.63, 3.8) is 0 Å². The van der Waals surface area contributed by atoms with Crippen molar-refractivity contribution in [1.29, 1.82) is 5.26 Å². The Bertz CT molecular complexity index is 393. The van der Waals surface area contributed by atoms with Crippen LogP contribution in [0.25, 0.3) is 0 Å². The zero-order valence-electron chi connectivity index (χ0n) is 8.36. The lowest BCUT2D eigenvalue weighted by Crippen LogP contribution is -2.04. The minimum Gasteiger partial charge on any atom is -0.469 e. The second kappa shape index (κ2) is 5.56. The molecule has 0 spiro atoms. The molecule has 0 radical (unpaired) electrons. The smallest absolute Gasteiger partial charge is 0.305 e. The average Bonchev–Trinajstić information content (AvgIpc) is 2.58. The van der Waals surface area contributed by atoms with Crippen LogP contribution in [0.1, 0.15) is 18.5 Å². The minimum atomic E-state index is -0.222. The summed E-state index contributed by atoms with van der Waals surface area (Å²) in [6.45, 7) is 0.642. The van der Waals surface area contributed by atoms with Gasteiger partial charge in [-0.05, 0) is 28.4 Å². The molecular weight excluding hydrogens is 260 g/mol. The molecule has 0 aromatic carbocycles. The topological polar surface area (TPSA) is 55.0 Å². The van der Waals surface area contributed by atoms with Crippen molar-refractivity contribution in [2.75, 3.05) is 7.11 Å². The van der Waals surface area contributed by atoms with E-state index < -0.39 is 0 Å². The number of methoxy groups -OCH3 is 1. The molecule has 0 aliphatic heterocycles. The fraction of sp³-hybridized carbons (Fsp3) is 0.400. The van der Waals surface area contributed by atoms with Gasteiger partial charge in [0.2, 0.25) is 0 Å². The van der Waals surface area contributed by atoms with Crippen molar-refractivity contribution in [2.45, 2.75) is 19.4 Å². The molecule has 15 heavy (non-hydrogen) atoms. The number of rotatable bonds is 4. The molecule has 0 N–H and O–H groups in total. The van der Waals surface area contributed by atoms with Crippen LogP contribution in [0, 0.1) is 11.3 Å². The zero-order valence-corrected chi connectivity index (χ0v) is 9.95. The van der Waals surface area contributed by atoms with Gasteiger partial charge in [0.1, 0.15) is 11.8 Å². The summed E-state index contributed by atoms with van der Waals surface area (Å²) in [7, 11) is 1.37. The Balaban J connectivity index is 2.51. The van der Waals surface area contributed by atoms with Gasteiger partial charge in [0.05, 0.1) is 7.11 Å². The normalized spacial score (nSPS) is 9.67. The first kappa shape index (κ1) is 11.8. The van der Waals surface area contributed by atoms with E-state index in [4.69, 9.17) is 5.26 Å². The number of esters is 1. The number of halogens is 1. The van der Waals surface area contributed by atoms with Gasteiger partial charge < -0.3 is 9.30 Å². The van der Waals surface area contributed by atoms with Crippen LogP contribution in [-0.2, 0) is 16.1 Å². The first-order chi connectivity index (χ1) is 7.17. The molecule has 4 nitrogen and oxygen atoms in total. The van der Waals surface area contributed by atoms with E-state index in [-0.39, 0.29) is 5.97 Å². The lowest BCUT2D eigenvalue weighted by Gasteiger charge is -2.03. The summed E-state index contributed by atoms with van der Waals surface area (Å²) in [5.74, 6) is -0.222. The van der Waals surface area contributed by atoms with Crippen molar-refractivity contribution in [3.8, 4) is 6.07 Å². The van der Waals surface area contributed by atoms with E-state index in [1.807, 2.05) is 10.8 Å². The predicted octanol–water partition coefficient (Wildman–Crippen LogP) is 2.08.